The van der Waals surface area contributed by atoms with Gasteiger partial charge in [0.25, 0.3) is 0 Å². The predicted molar refractivity (Wildman–Crippen MR) is 72.7 cm³/mol. The maximum atomic E-state index is 5.90. The summed E-state index contributed by atoms with van der Waals surface area (Å²) in [5.74, 6) is 7.75. The molecule has 0 atom stereocenters. The highest BCUT2D eigenvalue weighted by Crippen LogP contribution is 2.26. The van der Waals surface area contributed by atoms with Crippen molar-refractivity contribution in [3.05, 3.63) is 30.1 Å². The maximum Gasteiger partial charge on any atom is 0.150 e. The molecular weight excluding hydrogens is 228 g/mol. The van der Waals surface area contributed by atoms with Crippen LogP contribution >= 0.6 is 0 Å². The Balaban J connectivity index is 2.26. The summed E-state index contributed by atoms with van der Waals surface area (Å²) >= 11 is 0. The molecule has 96 valence electrons. The van der Waals surface area contributed by atoms with Gasteiger partial charge in [0.15, 0.2) is 5.82 Å². The Kier molecular flexibility index (Phi) is 3.41. The summed E-state index contributed by atoms with van der Waals surface area (Å²) in [6.45, 7) is 4.61. The quantitative estimate of drug-likeness (QED) is 0.808. The van der Waals surface area contributed by atoms with Crippen LogP contribution in [0.3, 0.4) is 0 Å². The second kappa shape index (κ2) is 5.00. The van der Waals surface area contributed by atoms with E-state index in [-0.39, 0.29) is 0 Å². The maximum absolute atomic E-state index is 5.90. The number of nitrogens with two attached hydrogens (primary N) is 2. The molecule has 0 aliphatic rings. The molecule has 1 aromatic carbocycles. The highest BCUT2D eigenvalue weighted by atomic mass is 16.5. The summed E-state index contributed by atoms with van der Waals surface area (Å²) in [5.41, 5.74) is 7.54. The van der Waals surface area contributed by atoms with E-state index in [0.29, 0.717) is 17.3 Å². The number of aryl methyl sites for hydroxylation is 1. The van der Waals surface area contributed by atoms with E-state index in [1.165, 1.54) is 4.68 Å². The SMILES string of the molecule is CCCOc1ccc(-c2nc(C)n(N)c2N)cc1. The number of hydrogen-bond donors (Lipinski definition) is 2. The number of nitrogens with zero attached hydrogens (tertiary/aromatic N) is 2. The summed E-state index contributed by atoms with van der Waals surface area (Å²) < 4.78 is 6.91. The van der Waals surface area contributed by atoms with Crippen molar-refractivity contribution >= 4 is 5.82 Å². The zero-order valence-corrected chi connectivity index (χ0v) is 10.7. The zero-order chi connectivity index (χ0) is 13.1. The van der Waals surface area contributed by atoms with Gasteiger partial charge in [-0.05, 0) is 37.6 Å². The van der Waals surface area contributed by atoms with Crippen molar-refractivity contribution in [3.63, 3.8) is 0 Å². The van der Waals surface area contributed by atoms with Crippen molar-refractivity contribution in [2.75, 3.05) is 18.2 Å². The van der Waals surface area contributed by atoms with Crippen LogP contribution < -0.4 is 16.3 Å². The Hall–Kier alpha value is -2.17. The molecule has 0 saturated carbocycles. The number of rotatable bonds is 4. The van der Waals surface area contributed by atoms with Crippen LogP contribution in [0.1, 0.15) is 19.2 Å². The van der Waals surface area contributed by atoms with Crippen LogP contribution in [0.5, 0.6) is 5.75 Å². The van der Waals surface area contributed by atoms with Crippen LogP contribution in [0.25, 0.3) is 11.3 Å². The normalized spacial score (nSPS) is 10.6. The Morgan fingerprint density at radius 2 is 1.94 bits per heavy atom. The van der Waals surface area contributed by atoms with Gasteiger partial charge in [0.1, 0.15) is 17.3 Å². The van der Waals surface area contributed by atoms with Gasteiger partial charge in [-0.15, -0.1) is 0 Å². The first-order valence-electron chi connectivity index (χ1n) is 5.96. The summed E-state index contributed by atoms with van der Waals surface area (Å²) in [7, 11) is 0. The molecule has 0 saturated heterocycles. The number of aromatic nitrogens is 2. The third kappa shape index (κ3) is 2.25. The van der Waals surface area contributed by atoms with Crippen molar-refractivity contribution < 1.29 is 4.74 Å². The van der Waals surface area contributed by atoms with Crippen molar-refractivity contribution in [1.82, 2.24) is 9.66 Å². The number of anilines is 1. The number of imidazole rings is 1. The van der Waals surface area contributed by atoms with Gasteiger partial charge >= 0.3 is 0 Å². The minimum atomic E-state index is 0.467. The summed E-state index contributed by atoms with van der Waals surface area (Å²) in [4.78, 5) is 4.34. The summed E-state index contributed by atoms with van der Waals surface area (Å²) in [5, 5.41) is 0. The van der Waals surface area contributed by atoms with Gasteiger partial charge < -0.3 is 16.3 Å². The van der Waals surface area contributed by atoms with Gasteiger partial charge in [-0.3, -0.25) is 0 Å². The molecule has 0 spiro atoms. The van der Waals surface area contributed by atoms with E-state index in [0.717, 1.165) is 24.3 Å². The first kappa shape index (κ1) is 12.3. The van der Waals surface area contributed by atoms with Crippen LogP contribution in [-0.4, -0.2) is 16.3 Å². The second-order valence-corrected chi connectivity index (χ2v) is 4.14. The Labute approximate surface area is 106 Å². The highest BCUT2D eigenvalue weighted by Gasteiger charge is 2.11. The van der Waals surface area contributed by atoms with Crippen molar-refractivity contribution in [2.45, 2.75) is 20.3 Å². The Morgan fingerprint density at radius 1 is 1.28 bits per heavy atom. The smallest absolute Gasteiger partial charge is 0.150 e. The molecule has 1 aromatic heterocycles. The monoisotopic (exact) mass is 246 g/mol. The molecule has 0 fully saturated rings. The zero-order valence-electron chi connectivity index (χ0n) is 10.7. The number of benzene rings is 1. The fraction of sp³-hybridized carbons (Fsp3) is 0.308. The van der Waals surface area contributed by atoms with E-state index in [1.54, 1.807) is 0 Å². The third-order valence-corrected chi connectivity index (χ3v) is 2.73. The lowest BCUT2D eigenvalue weighted by Gasteiger charge is -2.05. The third-order valence-electron chi connectivity index (χ3n) is 2.73. The van der Waals surface area contributed by atoms with E-state index < -0.39 is 0 Å². The molecule has 4 N–H and O–H groups in total. The molecule has 2 aromatic rings. The van der Waals surface area contributed by atoms with Gasteiger partial charge in [0.05, 0.1) is 6.61 Å². The average molecular weight is 246 g/mol. The topological polar surface area (TPSA) is 79.1 Å². The minimum absolute atomic E-state index is 0.467. The lowest BCUT2D eigenvalue weighted by atomic mass is 10.1. The summed E-state index contributed by atoms with van der Waals surface area (Å²) in [6, 6.07) is 7.69. The molecule has 2 rings (SSSR count). The fourth-order valence-electron chi connectivity index (χ4n) is 1.70. The predicted octanol–water partition coefficient (Wildman–Crippen LogP) is 1.94. The number of hydrogen-bond acceptors (Lipinski definition) is 4. The molecule has 0 aliphatic carbocycles. The van der Waals surface area contributed by atoms with Crippen LogP contribution in [0.15, 0.2) is 24.3 Å². The van der Waals surface area contributed by atoms with E-state index in [9.17, 15) is 0 Å². The first-order valence-corrected chi connectivity index (χ1v) is 5.96. The van der Waals surface area contributed by atoms with Crippen LogP contribution in [0.4, 0.5) is 5.82 Å². The molecule has 0 unspecified atom stereocenters. The molecule has 5 heteroatoms. The van der Waals surface area contributed by atoms with Crippen LogP contribution in [0, 0.1) is 6.92 Å². The average Bonchev–Trinajstić information content (AvgIpc) is 2.65. The van der Waals surface area contributed by atoms with Gasteiger partial charge in [-0.2, -0.15) is 0 Å². The van der Waals surface area contributed by atoms with E-state index in [1.807, 2.05) is 31.2 Å². The fourth-order valence-corrected chi connectivity index (χ4v) is 1.70. The van der Waals surface area contributed by atoms with Crippen LogP contribution in [-0.2, 0) is 0 Å². The minimum Gasteiger partial charge on any atom is -0.494 e. The number of nitrogen functional groups attached to an aromatic ring is 2. The molecular formula is C13H18N4O. The Morgan fingerprint density at radius 3 is 2.44 bits per heavy atom. The van der Waals surface area contributed by atoms with Crippen LogP contribution in [0.2, 0.25) is 0 Å². The van der Waals surface area contributed by atoms with Gasteiger partial charge in [0.2, 0.25) is 0 Å². The molecule has 0 aliphatic heterocycles. The first-order chi connectivity index (χ1) is 8.63. The van der Waals surface area contributed by atoms with E-state index in [4.69, 9.17) is 16.3 Å². The Bertz CT molecular complexity index is 531. The number of ether oxygens (including phenoxy) is 1. The molecule has 0 radical (unpaired) electrons. The molecule has 5 nitrogen and oxygen atoms in total. The van der Waals surface area contributed by atoms with E-state index >= 15 is 0 Å². The second-order valence-electron chi connectivity index (χ2n) is 4.14. The standard InChI is InChI=1S/C13H18N4O/c1-3-8-18-11-6-4-10(5-7-11)12-13(14)17(15)9(2)16-12/h4-7H,3,8,14-15H2,1-2H3. The molecule has 0 bridgehead atoms. The van der Waals surface area contributed by atoms with Crippen molar-refractivity contribution in [3.8, 4) is 17.0 Å². The molecule has 0 amide bonds. The lowest BCUT2D eigenvalue weighted by molar-refractivity contribution is 0.317. The molecule has 18 heavy (non-hydrogen) atoms. The van der Waals surface area contributed by atoms with E-state index in [2.05, 4.69) is 11.9 Å². The van der Waals surface area contributed by atoms with Crippen molar-refractivity contribution in [1.29, 1.82) is 0 Å². The summed E-state index contributed by atoms with van der Waals surface area (Å²) in [6.07, 6.45) is 0.992. The van der Waals surface area contributed by atoms with Crippen molar-refractivity contribution in [2.24, 2.45) is 0 Å². The lowest BCUT2D eigenvalue weighted by Crippen LogP contribution is -2.13. The highest BCUT2D eigenvalue weighted by molar-refractivity contribution is 5.71. The van der Waals surface area contributed by atoms with Gasteiger partial charge in [-0.25, -0.2) is 9.66 Å². The molecule has 1 heterocycles. The van der Waals surface area contributed by atoms with Gasteiger partial charge in [0, 0.05) is 5.56 Å². The largest absolute Gasteiger partial charge is 0.494 e. The van der Waals surface area contributed by atoms with Gasteiger partial charge in [-0.1, -0.05) is 6.92 Å².